The van der Waals surface area contributed by atoms with Crippen LogP contribution in [0.4, 0.5) is 0 Å². The SMILES string of the molecule is c1ccc(-c2cccc3c4ccccc4n(-c4ccccc4-c4ccc(-c5cccc6c5c5ccccc5n6-c5ccccc5)cc4)c23)cc1. The fourth-order valence-electron chi connectivity index (χ4n) is 7.98. The minimum absolute atomic E-state index is 1.17. The lowest BCUT2D eigenvalue weighted by Gasteiger charge is -2.16. The van der Waals surface area contributed by atoms with E-state index in [9.17, 15) is 0 Å². The van der Waals surface area contributed by atoms with Crippen LogP contribution in [0.25, 0.3) is 88.4 Å². The molecule has 2 heteroatoms. The molecule has 10 rings (SSSR count). The van der Waals surface area contributed by atoms with E-state index in [0.717, 1.165) is 0 Å². The molecule has 0 saturated heterocycles. The number of para-hydroxylation sites is 5. The summed E-state index contributed by atoms with van der Waals surface area (Å²) in [5, 5.41) is 5.05. The van der Waals surface area contributed by atoms with E-state index in [2.05, 4.69) is 203 Å². The van der Waals surface area contributed by atoms with Gasteiger partial charge in [-0.05, 0) is 58.7 Å². The molecule has 0 atom stereocenters. The average molecular weight is 637 g/mol. The maximum absolute atomic E-state index is 2.47. The summed E-state index contributed by atoms with van der Waals surface area (Å²) in [7, 11) is 0. The Hall–Kier alpha value is -6.64. The monoisotopic (exact) mass is 636 g/mol. The number of hydrogen-bond acceptors (Lipinski definition) is 0. The van der Waals surface area contributed by atoms with Crippen LogP contribution in [-0.4, -0.2) is 9.13 Å². The Kier molecular flexibility index (Phi) is 6.53. The van der Waals surface area contributed by atoms with Gasteiger partial charge in [-0.25, -0.2) is 0 Å². The smallest absolute Gasteiger partial charge is 0.0619 e. The van der Waals surface area contributed by atoms with Crippen molar-refractivity contribution in [1.29, 1.82) is 0 Å². The van der Waals surface area contributed by atoms with E-state index in [0.29, 0.717) is 0 Å². The zero-order valence-corrected chi connectivity index (χ0v) is 27.4. The molecule has 0 aliphatic carbocycles. The molecule has 0 spiro atoms. The number of aromatic nitrogens is 2. The van der Waals surface area contributed by atoms with Crippen molar-refractivity contribution in [3.63, 3.8) is 0 Å². The van der Waals surface area contributed by atoms with Gasteiger partial charge in [-0.3, -0.25) is 0 Å². The van der Waals surface area contributed by atoms with Crippen molar-refractivity contribution in [3.05, 3.63) is 194 Å². The van der Waals surface area contributed by atoms with Gasteiger partial charge < -0.3 is 9.13 Å². The van der Waals surface area contributed by atoms with Crippen LogP contribution in [0.5, 0.6) is 0 Å². The number of rotatable bonds is 5. The van der Waals surface area contributed by atoms with Crippen LogP contribution in [-0.2, 0) is 0 Å². The summed E-state index contributed by atoms with van der Waals surface area (Å²) < 4.78 is 4.85. The van der Waals surface area contributed by atoms with E-state index < -0.39 is 0 Å². The number of benzene rings is 8. The van der Waals surface area contributed by atoms with Crippen LogP contribution in [0.15, 0.2) is 194 Å². The van der Waals surface area contributed by atoms with Crippen LogP contribution in [0.2, 0.25) is 0 Å². The van der Waals surface area contributed by atoms with Gasteiger partial charge in [0.25, 0.3) is 0 Å². The molecule has 0 fully saturated rings. The van der Waals surface area contributed by atoms with Gasteiger partial charge >= 0.3 is 0 Å². The van der Waals surface area contributed by atoms with Gasteiger partial charge in [0.2, 0.25) is 0 Å². The maximum atomic E-state index is 2.47. The lowest BCUT2D eigenvalue weighted by Crippen LogP contribution is -1.98. The van der Waals surface area contributed by atoms with Crippen molar-refractivity contribution in [3.8, 4) is 44.8 Å². The Labute approximate surface area is 290 Å². The van der Waals surface area contributed by atoms with Gasteiger partial charge in [-0.1, -0.05) is 158 Å². The molecule has 50 heavy (non-hydrogen) atoms. The van der Waals surface area contributed by atoms with E-state index in [4.69, 9.17) is 0 Å². The fraction of sp³-hybridized carbons (Fsp3) is 0. The number of fused-ring (bicyclic) bond motifs is 6. The highest BCUT2D eigenvalue weighted by Crippen LogP contribution is 2.42. The second kappa shape index (κ2) is 11.5. The zero-order chi connectivity index (χ0) is 33.0. The third-order valence-electron chi connectivity index (χ3n) is 10.1. The zero-order valence-electron chi connectivity index (χ0n) is 27.4. The molecule has 0 aliphatic rings. The highest BCUT2D eigenvalue weighted by atomic mass is 15.0. The van der Waals surface area contributed by atoms with Crippen molar-refractivity contribution >= 4 is 43.6 Å². The van der Waals surface area contributed by atoms with Crippen molar-refractivity contribution in [1.82, 2.24) is 9.13 Å². The molecule has 0 unspecified atom stereocenters. The molecule has 0 aliphatic heterocycles. The minimum atomic E-state index is 1.17. The largest absolute Gasteiger partial charge is 0.309 e. The Morgan fingerprint density at radius 2 is 0.780 bits per heavy atom. The number of nitrogens with zero attached hydrogens (tertiary/aromatic N) is 2. The van der Waals surface area contributed by atoms with Crippen LogP contribution in [0.1, 0.15) is 0 Å². The van der Waals surface area contributed by atoms with E-state index in [1.165, 1.54) is 88.4 Å². The molecule has 0 radical (unpaired) electrons. The van der Waals surface area contributed by atoms with Gasteiger partial charge in [0.1, 0.15) is 0 Å². The van der Waals surface area contributed by atoms with Gasteiger partial charge in [0.05, 0.1) is 27.8 Å². The molecule has 0 N–H and O–H groups in total. The Morgan fingerprint density at radius 1 is 0.280 bits per heavy atom. The first-order valence-corrected chi connectivity index (χ1v) is 17.2. The Balaban J connectivity index is 1.15. The summed E-state index contributed by atoms with van der Waals surface area (Å²) >= 11 is 0. The first kappa shape index (κ1) is 28.4. The summed E-state index contributed by atoms with van der Waals surface area (Å²) in [5.41, 5.74) is 14.5. The van der Waals surface area contributed by atoms with Gasteiger partial charge in [-0.2, -0.15) is 0 Å². The molecule has 0 amide bonds. The van der Waals surface area contributed by atoms with Crippen LogP contribution >= 0.6 is 0 Å². The highest BCUT2D eigenvalue weighted by molar-refractivity contribution is 6.16. The molecular formula is C48H32N2. The summed E-state index contributed by atoms with van der Waals surface area (Å²) in [6.45, 7) is 0. The molecular weight excluding hydrogens is 605 g/mol. The molecule has 2 heterocycles. The first-order chi connectivity index (χ1) is 24.8. The van der Waals surface area contributed by atoms with E-state index in [1.807, 2.05) is 0 Å². The summed E-state index contributed by atoms with van der Waals surface area (Å²) in [6.07, 6.45) is 0. The van der Waals surface area contributed by atoms with Crippen molar-refractivity contribution in [2.75, 3.05) is 0 Å². The van der Waals surface area contributed by atoms with Gasteiger partial charge in [0, 0.05) is 38.4 Å². The average Bonchev–Trinajstić information content (AvgIpc) is 3.72. The predicted octanol–water partition coefficient (Wildman–Crippen LogP) is 12.9. The topological polar surface area (TPSA) is 9.86 Å². The molecule has 10 aromatic rings. The summed E-state index contributed by atoms with van der Waals surface area (Å²) in [6, 6.07) is 70.3. The molecule has 2 aromatic heterocycles. The molecule has 234 valence electrons. The lowest BCUT2D eigenvalue weighted by molar-refractivity contribution is 1.18. The van der Waals surface area contributed by atoms with Crippen molar-refractivity contribution in [2.24, 2.45) is 0 Å². The van der Waals surface area contributed by atoms with Gasteiger partial charge in [0.15, 0.2) is 0 Å². The van der Waals surface area contributed by atoms with Crippen molar-refractivity contribution in [2.45, 2.75) is 0 Å². The van der Waals surface area contributed by atoms with E-state index >= 15 is 0 Å². The molecule has 0 bridgehead atoms. The lowest BCUT2D eigenvalue weighted by atomic mass is 9.96. The molecule has 0 saturated carbocycles. The van der Waals surface area contributed by atoms with Crippen LogP contribution in [0.3, 0.4) is 0 Å². The number of hydrogen-bond donors (Lipinski definition) is 0. The summed E-state index contributed by atoms with van der Waals surface area (Å²) in [5.74, 6) is 0. The highest BCUT2D eigenvalue weighted by Gasteiger charge is 2.19. The Bertz CT molecular complexity index is 2840. The predicted molar refractivity (Wildman–Crippen MR) is 211 cm³/mol. The minimum Gasteiger partial charge on any atom is -0.309 e. The second-order valence-corrected chi connectivity index (χ2v) is 12.9. The molecule has 2 nitrogen and oxygen atoms in total. The van der Waals surface area contributed by atoms with Gasteiger partial charge in [-0.15, -0.1) is 0 Å². The van der Waals surface area contributed by atoms with Crippen LogP contribution in [0, 0.1) is 0 Å². The normalized spacial score (nSPS) is 11.6. The summed E-state index contributed by atoms with van der Waals surface area (Å²) in [4.78, 5) is 0. The van der Waals surface area contributed by atoms with Crippen molar-refractivity contribution < 1.29 is 0 Å². The third-order valence-corrected chi connectivity index (χ3v) is 10.1. The third kappa shape index (κ3) is 4.36. The van der Waals surface area contributed by atoms with Crippen LogP contribution < -0.4 is 0 Å². The maximum Gasteiger partial charge on any atom is 0.0619 e. The van der Waals surface area contributed by atoms with E-state index in [-0.39, 0.29) is 0 Å². The Morgan fingerprint density at radius 3 is 1.56 bits per heavy atom. The van der Waals surface area contributed by atoms with E-state index in [1.54, 1.807) is 0 Å². The standard InChI is InChI=1S/C48H32N2/c1-3-15-33(16-4-1)39-23-13-24-41-40-20-8-11-26-44(40)50(48(39)41)43-25-10-7-19-37(43)34-29-31-35(32-30-34)38-22-14-28-46-47(38)42-21-9-12-27-45(42)49(46)36-17-5-2-6-18-36/h1-32H. The molecule has 8 aromatic carbocycles. The quantitative estimate of drug-likeness (QED) is 0.178. The second-order valence-electron chi connectivity index (χ2n) is 12.9. The fourth-order valence-corrected chi connectivity index (χ4v) is 7.98. The first-order valence-electron chi connectivity index (χ1n) is 17.2.